The van der Waals surface area contributed by atoms with E-state index in [0.29, 0.717) is 0 Å². The van der Waals surface area contributed by atoms with Crippen LogP contribution in [-0.4, -0.2) is 23.1 Å². The van der Waals surface area contributed by atoms with Crippen molar-refractivity contribution in [2.24, 2.45) is 0 Å². The Morgan fingerprint density at radius 2 is 0.889 bits per heavy atom. The molecule has 9 heavy (non-hydrogen) atoms. The molecule has 0 rings (SSSR count). The van der Waals surface area contributed by atoms with Crippen LogP contribution in [0.2, 0.25) is 0 Å². The molecule has 0 aromatic carbocycles. The van der Waals surface area contributed by atoms with E-state index >= 15 is 0 Å². The number of carbonyl (C=O) groups excluding carboxylic acids is 2. The molecule has 4 nitrogen and oxygen atoms in total. The molecule has 56 valence electrons. The van der Waals surface area contributed by atoms with E-state index in [9.17, 15) is 0 Å². The fourth-order valence-corrected chi connectivity index (χ4v) is 0. The molecule has 0 aromatic heterocycles. The third-order valence-corrected chi connectivity index (χ3v) is 0. The van der Waals surface area contributed by atoms with Crippen molar-refractivity contribution in [3.8, 4) is 0 Å². The molecule has 7 heteroatoms. The molecule has 0 saturated carbocycles. The summed E-state index contributed by atoms with van der Waals surface area (Å²) in [5, 5.41) is 10.8. The van der Waals surface area contributed by atoms with E-state index < -0.39 is 0 Å². The maximum Gasteiger partial charge on any atom is 0.231 e. The molecular weight excluding hydrogens is 183 g/mol. The lowest BCUT2D eigenvalue weighted by molar-refractivity contribution is 0.562. The average Bonchev–Trinajstić information content (AvgIpc) is 1.39. The molecule has 0 spiro atoms. The van der Waals surface area contributed by atoms with Gasteiger partial charge in [-0.3, -0.25) is 0 Å². The molecule has 0 heterocycles. The van der Waals surface area contributed by atoms with Crippen LogP contribution >= 0.6 is 24.8 Å². The van der Waals surface area contributed by atoms with Crippen LogP contribution in [0.25, 0.3) is 0 Å². The normalized spacial score (nSPS) is 1.78. The van der Waals surface area contributed by atoms with Gasteiger partial charge in [-0.05, 0) is 11.0 Å². The number of nitrogens with one attached hydrogen (secondary N) is 2. The van der Waals surface area contributed by atoms with Crippen molar-refractivity contribution in [1.29, 1.82) is 10.8 Å². The Labute approximate surface area is 68.9 Å². The van der Waals surface area contributed by atoms with Crippen LogP contribution in [0.1, 0.15) is 0 Å². The highest BCUT2D eigenvalue weighted by Crippen LogP contribution is 0.871. The Bertz CT molecular complexity index is 74.6. The van der Waals surface area contributed by atoms with E-state index in [1.165, 1.54) is 0 Å². The fourth-order valence-electron chi connectivity index (χ4n) is 0. The summed E-state index contributed by atoms with van der Waals surface area (Å²) in [4.78, 5) is 16.7. The third kappa shape index (κ3) is 1190. The van der Waals surface area contributed by atoms with Crippen molar-refractivity contribution in [3.63, 3.8) is 0 Å². The number of hydrogen-bond acceptors (Lipinski definition) is 4. The molecule has 0 aliphatic rings. The second-order valence-corrected chi connectivity index (χ2v) is 0.204. The fraction of sp³-hybridized carbons (Fsp3) is 0. The van der Waals surface area contributed by atoms with E-state index in [0.717, 1.165) is 12.2 Å². The number of hydrogen-bond donors (Lipinski definition) is 2. The first-order valence-corrected chi connectivity index (χ1v) is 0.908. The Kier molecular flexibility index (Phi) is 575. The Morgan fingerprint density at radius 1 is 0.889 bits per heavy atom. The monoisotopic (exact) mass is 190 g/mol. The highest BCUT2D eigenvalue weighted by atomic mass is 35.5. The van der Waals surface area contributed by atoms with E-state index in [4.69, 9.17) is 20.4 Å². The van der Waals surface area contributed by atoms with Gasteiger partial charge >= 0.3 is 0 Å². The lowest BCUT2D eigenvalue weighted by Crippen LogP contribution is -1.16. The summed E-state index contributed by atoms with van der Waals surface area (Å²) in [6, 6.07) is 0. The van der Waals surface area contributed by atoms with Crippen molar-refractivity contribution in [3.05, 3.63) is 0 Å². The van der Waals surface area contributed by atoms with Crippen LogP contribution in [0.4, 0.5) is 0 Å². The standard InChI is InChI=1S/2CHNO.2ClH.H4Si/c2*2-1-3;;;/h2*2H;2*1H;1H4. The number of isocyanates is 2. The molecule has 0 aliphatic carbocycles. The zero-order valence-electron chi connectivity index (χ0n) is 3.63. The molecule has 0 unspecified atom stereocenters. The van der Waals surface area contributed by atoms with Crippen LogP contribution in [0.15, 0.2) is 0 Å². The summed E-state index contributed by atoms with van der Waals surface area (Å²) in [6.45, 7) is 0. The summed E-state index contributed by atoms with van der Waals surface area (Å²) in [5.41, 5.74) is 0. The van der Waals surface area contributed by atoms with Crippen LogP contribution < -0.4 is 0 Å². The summed E-state index contributed by atoms with van der Waals surface area (Å²) in [6.07, 6.45) is 1.50. The first-order chi connectivity index (χ1) is 2.83. The van der Waals surface area contributed by atoms with Crippen LogP contribution in [-0.2, 0) is 9.59 Å². The Morgan fingerprint density at radius 3 is 0.889 bits per heavy atom. The van der Waals surface area contributed by atoms with Gasteiger partial charge in [-0.15, -0.1) is 24.8 Å². The minimum absolute atomic E-state index is 0. The molecule has 0 saturated heterocycles. The van der Waals surface area contributed by atoms with E-state index in [1.54, 1.807) is 0 Å². The maximum atomic E-state index is 8.35. The molecular formula is C2H8Cl2N2O2Si. The van der Waals surface area contributed by atoms with Crippen molar-refractivity contribution in [2.45, 2.75) is 0 Å². The van der Waals surface area contributed by atoms with Crippen LogP contribution in [0.3, 0.4) is 0 Å². The SMILES string of the molecule is Cl.Cl.N=C=O.N=C=O.[SiH4]. The highest BCUT2D eigenvalue weighted by molar-refractivity contribution is 5.85. The van der Waals surface area contributed by atoms with Gasteiger partial charge in [0.25, 0.3) is 0 Å². The summed E-state index contributed by atoms with van der Waals surface area (Å²) in [5.74, 6) is 0. The minimum Gasteiger partial charge on any atom is -0.222 e. The predicted molar refractivity (Wildman–Crippen MR) is 42.7 cm³/mol. The zero-order chi connectivity index (χ0) is 5.41. The molecule has 0 aromatic rings. The Balaban J connectivity index is -0.00000000889. The molecule has 0 fully saturated rings. The largest absolute Gasteiger partial charge is 0.231 e. The molecule has 0 aliphatic heterocycles. The van der Waals surface area contributed by atoms with Gasteiger partial charge in [-0.25, -0.2) is 20.4 Å². The predicted octanol–water partition coefficient (Wildman–Crippen LogP) is -0.806. The maximum absolute atomic E-state index is 8.35. The second kappa shape index (κ2) is 134. The number of halogens is 2. The number of rotatable bonds is 0. The molecule has 0 bridgehead atoms. The lowest BCUT2D eigenvalue weighted by atomic mass is 11.7. The van der Waals surface area contributed by atoms with Crippen molar-refractivity contribution in [2.75, 3.05) is 0 Å². The van der Waals surface area contributed by atoms with Gasteiger partial charge in [-0.1, -0.05) is 0 Å². The minimum atomic E-state index is 0. The quantitative estimate of drug-likeness (QED) is 0.298. The topological polar surface area (TPSA) is 81.8 Å². The molecule has 0 radical (unpaired) electrons. The Hall–Kier alpha value is -0.443. The van der Waals surface area contributed by atoms with Crippen molar-refractivity contribution in [1.82, 2.24) is 0 Å². The lowest BCUT2D eigenvalue weighted by Gasteiger charge is -1.02. The van der Waals surface area contributed by atoms with Gasteiger partial charge in [0.15, 0.2) is 0 Å². The van der Waals surface area contributed by atoms with Gasteiger partial charge < -0.3 is 0 Å². The average molecular weight is 191 g/mol. The zero-order valence-corrected chi connectivity index (χ0v) is 5.27. The van der Waals surface area contributed by atoms with E-state index in [1.807, 2.05) is 0 Å². The van der Waals surface area contributed by atoms with E-state index in [-0.39, 0.29) is 35.8 Å². The molecule has 0 atom stereocenters. The van der Waals surface area contributed by atoms with Gasteiger partial charge in [-0.2, -0.15) is 0 Å². The third-order valence-electron chi connectivity index (χ3n) is 0. The summed E-state index contributed by atoms with van der Waals surface area (Å²) >= 11 is 0. The summed E-state index contributed by atoms with van der Waals surface area (Å²) in [7, 11) is 0. The molecule has 0 amide bonds. The first-order valence-electron chi connectivity index (χ1n) is 0.908. The van der Waals surface area contributed by atoms with Crippen molar-refractivity contribution < 1.29 is 9.59 Å². The summed E-state index contributed by atoms with van der Waals surface area (Å²) < 4.78 is 0. The van der Waals surface area contributed by atoms with Gasteiger partial charge in [0.2, 0.25) is 12.2 Å². The van der Waals surface area contributed by atoms with Crippen molar-refractivity contribution >= 4 is 47.9 Å². The van der Waals surface area contributed by atoms with Gasteiger partial charge in [0.05, 0.1) is 0 Å². The van der Waals surface area contributed by atoms with Crippen LogP contribution in [0.5, 0.6) is 0 Å². The first kappa shape index (κ1) is 38.6. The second-order valence-electron chi connectivity index (χ2n) is 0.204. The smallest absolute Gasteiger partial charge is 0.222 e. The van der Waals surface area contributed by atoms with Gasteiger partial charge in [0.1, 0.15) is 0 Å². The van der Waals surface area contributed by atoms with E-state index in [2.05, 4.69) is 0 Å². The highest BCUT2D eigenvalue weighted by Gasteiger charge is 1.04. The molecule has 2 N–H and O–H groups in total. The van der Waals surface area contributed by atoms with Gasteiger partial charge in [0, 0.05) is 0 Å². The van der Waals surface area contributed by atoms with Crippen LogP contribution in [0, 0.1) is 10.8 Å².